The molecule has 170 valence electrons. The third-order valence-corrected chi connectivity index (χ3v) is 6.50. The Balaban J connectivity index is 1.15. The second-order valence-corrected chi connectivity index (χ2v) is 8.71. The van der Waals surface area contributed by atoms with Crippen molar-refractivity contribution in [2.75, 3.05) is 28.6 Å². The fraction of sp³-hybridized carbons (Fsp3) is 0.348. The van der Waals surface area contributed by atoms with E-state index in [4.69, 9.17) is 4.42 Å². The Morgan fingerprint density at radius 3 is 2.45 bits per heavy atom. The molecule has 0 radical (unpaired) electrons. The summed E-state index contributed by atoms with van der Waals surface area (Å²) < 4.78 is 5.41. The molecule has 5 rings (SSSR count). The monoisotopic (exact) mass is 448 g/mol. The van der Waals surface area contributed by atoms with Gasteiger partial charge in [-0.1, -0.05) is 22.8 Å². The predicted octanol–water partition coefficient (Wildman–Crippen LogP) is 3.46. The minimum absolute atomic E-state index is 0.0203. The molecule has 1 unspecified atom stereocenters. The summed E-state index contributed by atoms with van der Waals surface area (Å²) in [4.78, 5) is 30.3. The second-order valence-electron chi connectivity index (χ2n) is 8.71. The number of hydrogen-bond acceptors (Lipinski definition) is 8. The van der Waals surface area contributed by atoms with E-state index in [-0.39, 0.29) is 23.2 Å². The Bertz CT molecular complexity index is 1170. The number of rotatable bonds is 6. The van der Waals surface area contributed by atoms with Gasteiger partial charge in [0.1, 0.15) is 5.82 Å². The van der Waals surface area contributed by atoms with Crippen LogP contribution in [0.2, 0.25) is 0 Å². The van der Waals surface area contributed by atoms with Crippen LogP contribution in [0.4, 0.5) is 23.2 Å². The third-order valence-electron chi connectivity index (χ3n) is 6.50. The Morgan fingerprint density at radius 2 is 1.82 bits per heavy atom. The quantitative estimate of drug-likeness (QED) is 0.518. The zero-order chi connectivity index (χ0) is 23.0. The van der Waals surface area contributed by atoms with Gasteiger partial charge in [0.25, 0.3) is 0 Å². The van der Waals surface area contributed by atoms with E-state index in [9.17, 15) is 14.7 Å². The van der Waals surface area contributed by atoms with Crippen molar-refractivity contribution in [3.05, 3.63) is 54.0 Å². The lowest BCUT2D eigenvalue weighted by atomic mass is 9.91. The lowest BCUT2D eigenvalue weighted by Gasteiger charge is -2.33. The molecule has 3 aromatic rings. The number of nitrogens with zero attached hydrogens (tertiary/aromatic N) is 4. The number of carboxylic acid groups (broad SMARTS) is 1. The molecule has 0 bridgehead atoms. The molecule has 3 N–H and O–H groups in total. The zero-order valence-corrected chi connectivity index (χ0v) is 18.1. The summed E-state index contributed by atoms with van der Waals surface area (Å²) in [5.74, 6) is -0.754. The lowest BCUT2D eigenvalue weighted by molar-refractivity contribution is -0.139. The van der Waals surface area contributed by atoms with E-state index in [1.54, 1.807) is 12.3 Å². The first-order valence-electron chi connectivity index (χ1n) is 10.8. The molecule has 2 fully saturated rings. The minimum atomic E-state index is -0.680. The predicted molar refractivity (Wildman–Crippen MR) is 121 cm³/mol. The number of aromatic nitrogens is 3. The molecule has 2 aliphatic rings. The van der Waals surface area contributed by atoms with E-state index in [2.05, 4.69) is 30.7 Å². The first-order valence-corrected chi connectivity index (χ1v) is 10.8. The molecular formula is C23H24N6O4. The molecule has 1 atom stereocenters. The topological polar surface area (TPSA) is 133 Å². The van der Waals surface area contributed by atoms with E-state index in [0.717, 1.165) is 49.4 Å². The van der Waals surface area contributed by atoms with E-state index in [0.29, 0.717) is 5.69 Å². The average molecular weight is 448 g/mol. The van der Waals surface area contributed by atoms with Crippen molar-refractivity contribution in [3.63, 3.8) is 0 Å². The van der Waals surface area contributed by atoms with Gasteiger partial charge in [-0.05, 0) is 55.9 Å². The Morgan fingerprint density at radius 1 is 1.09 bits per heavy atom. The van der Waals surface area contributed by atoms with Crippen LogP contribution >= 0.6 is 0 Å². The molecule has 1 saturated heterocycles. The van der Waals surface area contributed by atoms with E-state index >= 15 is 0 Å². The smallest absolute Gasteiger partial charge is 0.320 e. The van der Waals surface area contributed by atoms with Crippen LogP contribution < -0.4 is 15.5 Å². The first-order chi connectivity index (χ1) is 15.9. The van der Waals surface area contributed by atoms with Crippen molar-refractivity contribution in [1.29, 1.82) is 0 Å². The van der Waals surface area contributed by atoms with E-state index in [1.807, 2.05) is 37.3 Å². The van der Waals surface area contributed by atoms with E-state index in [1.165, 1.54) is 0 Å². The van der Waals surface area contributed by atoms with Gasteiger partial charge in [-0.15, -0.1) is 5.10 Å². The van der Waals surface area contributed by atoms with Crippen molar-refractivity contribution in [2.24, 2.45) is 11.3 Å². The Kier molecular flexibility index (Phi) is 5.20. The fourth-order valence-corrected chi connectivity index (χ4v) is 4.39. The zero-order valence-electron chi connectivity index (χ0n) is 18.1. The van der Waals surface area contributed by atoms with Crippen LogP contribution in [0.3, 0.4) is 0 Å². The van der Waals surface area contributed by atoms with Gasteiger partial charge in [-0.25, -0.2) is 4.98 Å². The summed E-state index contributed by atoms with van der Waals surface area (Å²) in [5.41, 5.74) is 2.40. The summed E-state index contributed by atoms with van der Waals surface area (Å²) in [6, 6.07) is 11.4. The molecule has 1 spiro atoms. The number of carbonyl (C=O) groups is 2. The molecule has 1 amide bonds. The SMILES string of the molecule is Cc1ccc(Nc2nnc(C(=O)Nc3ccc(N4CCC5(CC4)CC5C(=O)O)nc3)o2)cc1. The maximum atomic E-state index is 12.5. The molecule has 10 heteroatoms. The number of benzene rings is 1. The molecule has 1 aliphatic carbocycles. The number of aryl methyl sites for hydroxylation is 1. The molecule has 3 heterocycles. The summed E-state index contributed by atoms with van der Waals surface area (Å²) in [5, 5.41) is 22.6. The Labute approximate surface area is 190 Å². The van der Waals surface area contributed by atoms with Gasteiger partial charge in [0.2, 0.25) is 0 Å². The number of piperidine rings is 1. The van der Waals surface area contributed by atoms with Gasteiger partial charge >= 0.3 is 23.8 Å². The number of aliphatic carboxylic acids is 1. The molecule has 2 aromatic heterocycles. The van der Waals surface area contributed by atoms with E-state index < -0.39 is 11.9 Å². The maximum absolute atomic E-state index is 12.5. The molecular weight excluding hydrogens is 424 g/mol. The van der Waals surface area contributed by atoms with Crippen LogP contribution in [0.15, 0.2) is 47.0 Å². The van der Waals surface area contributed by atoms with Gasteiger partial charge < -0.3 is 25.1 Å². The molecule has 1 saturated carbocycles. The van der Waals surface area contributed by atoms with Crippen molar-refractivity contribution >= 4 is 35.1 Å². The van der Waals surface area contributed by atoms with Gasteiger partial charge in [-0.3, -0.25) is 9.59 Å². The van der Waals surface area contributed by atoms with Gasteiger partial charge in [0.05, 0.1) is 17.8 Å². The highest BCUT2D eigenvalue weighted by Crippen LogP contribution is 2.59. The van der Waals surface area contributed by atoms with Crippen molar-refractivity contribution in [1.82, 2.24) is 15.2 Å². The number of hydrogen-bond donors (Lipinski definition) is 3. The average Bonchev–Trinajstić information content (AvgIpc) is 3.31. The van der Waals surface area contributed by atoms with Crippen LogP contribution in [0.25, 0.3) is 0 Å². The fourth-order valence-electron chi connectivity index (χ4n) is 4.39. The largest absolute Gasteiger partial charge is 0.481 e. The van der Waals surface area contributed by atoms with Gasteiger partial charge in [-0.2, -0.15) is 0 Å². The second kappa shape index (κ2) is 8.19. The number of carbonyl (C=O) groups excluding carboxylic acids is 1. The lowest BCUT2D eigenvalue weighted by Crippen LogP contribution is -2.36. The normalized spacial score (nSPS) is 18.7. The third kappa shape index (κ3) is 4.36. The number of carboxylic acids is 1. The number of amides is 1. The van der Waals surface area contributed by atoms with Crippen LogP contribution in [0.5, 0.6) is 0 Å². The highest BCUT2D eigenvalue weighted by molar-refractivity contribution is 6.00. The summed E-state index contributed by atoms with van der Waals surface area (Å²) in [6.45, 7) is 3.55. The minimum Gasteiger partial charge on any atom is -0.481 e. The maximum Gasteiger partial charge on any atom is 0.320 e. The summed E-state index contributed by atoms with van der Waals surface area (Å²) >= 11 is 0. The molecule has 33 heavy (non-hydrogen) atoms. The molecule has 1 aromatic carbocycles. The highest BCUT2D eigenvalue weighted by atomic mass is 16.4. The van der Waals surface area contributed by atoms with Crippen molar-refractivity contribution in [2.45, 2.75) is 26.2 Å². The first kappa shape index (κ1) is 20.9. The number of anilines is 4. The van der Waals surface area contributed by atoms with Crippen LogP contribution in [-0.2, 0) is 4.79 Å². The number of pyridine rings is 1. The van der Waals surface area contributed by atoms with Crippen molar-refractivity contribution in [3.8, 4) is 0 Å². The van der Waals surface area contributed by atoms with Crippen molar-refractivity contribution < 1.29 is 19.1 Å². The van der Waals surface area contributed by atoms with Gasteiger partial charge in [0.15, 0.2) is 0 Å². The summed E-state index contributed by atoms with van der Waals surface area (Å²) in [6.07, 6.45) is 4.09. The molecule has 10 nitrogen and oxygen atoms in total. The number of nitrogens with one attached hydrogen (secondary N) is 2. The van der Waals surface area contributed by atoms with Crippen LogP contribution in [0, 0.1) is 18.3 Å². The Hall–Kier alpha value is -3.95. The molecule has 1 aliphatic heterocycles. The standard InChI is InChI=1S/C23H24N6O4/c1-14-2-4-15(5-3-14)26-22-28-27-20(33-22)19(30)25-16-6-7-18(24-13-16)29-10-8-23(9-11-29)12-17(23)21(31)32/h2-7,13,17H,8-12H2,1H3,(H,25,30)(H,26,28)(H,31,32). The summed E-state index contributed by atoms with van der Waals surface area (Å²) in [7, 11) is 0. The van der Waals surface area contributed by atoms with Gasteiger partial charge in [0, 0.05) is 18.8 Å². The van der Waals surface area contributed by atoms with Crippen LogP contribution in [-0.4, -0.2) is 45.3 Å². The van der Waals surface area contributed by atoms with Crippen LogP contribution in [0.1, 0.15) is 35.5 Å². The highest BCUT2D eigenvalue weighted by Gasteiger charge is 2.58.